The zero-order chi connectivity index (χ0) is 16.3. The largest absolute Gasteiger partial charge is 0.484 e. The van der Waals surface area contributed by atoms with Gasteiger partial charge in [0.15, 0.2) is 0 Å². The Balaban J connectivity index is 2.32. The lowest BCUT2D eigenvalue weighted by Gasteiger charge is -2.18. The number of anilines is 1. The SMILES string of the molecule is CCc1ccc(OC(C)c2nc(N)nc(C)c2C(N)=O)cc1. The van der Waals surface area contributed by atoms with E-state index in [1.165, 1.54) is 5.56 Å². The summed E-state index contributed by atoms with van der Waals surface area (Å²) in [6, 6.07) is 7.76. The van der Waals surface area contributed by atoms with Gasteiger partial charge in [-0.1, -0.05) is 19.1 Å². The maximum Gasteiger partial charge on any atom is 0.252 e. The second kappa shape index (κ2) is 6.43. The Bertz CT molecular complexity index is 683. The minimum Gasteiger partial charge on any atom is -0.484 e. The van der Waals surface area contributed by atoms with Gasteiger partial charge in [0.25, 0.3) is 5.91 Å². The number of nitrogen functional groups attached to an aromatic ring is 1. The molecule has 0 aliphatic heterocycles. The lowest BCUT2D eigenvalue weighted by atomic mass is 10.1. The van der Waals surface area contributed by atoms with E-state index in [-0.39, 0.29) is 11.5 Å². The predicted octanol–water partition coefficient (Wildman–Crippen LogP) is 2.17. The number of aromatic nitrogens is 2. The van der Waals surface area contributed by atoms with Crippen LogP contribution < -0.4 is 16.2 Å². The van der Waals surface area contributed by atoms with Crippen LogP contribution in [-0.4, -0.2) is 15.9 Å². The zero-order valence-electron chi connectivity index (χ0n) is 13.0. The van der Waals surface area contributed by atoms with Gasteiger partial charge in [-0.05, 0) is 38.0 Å². The highest BCUT2D eigenvalue weighted by atomic mass is 16.5. The molecule has 2 aromatic rings. The second-order valence-corrected chi connectivity index (χ2v) is 5.05. The van der Waals surface area contributed by atoms with E-state index in [0.717, 1.165) is 6.42 Å². The molecule has 0 bridgehead atoms. The summed E-state index contributed by atoms with van der Waals surface area (Å²) in [5.41, 5.74) is 13.4. The number of nitrogens with two attached hydrogens (primary N) is 2. The predicted molar refractivity (Wildman–Crippen MR) is 84.6 cm³/mol. The molecule has 0 saturated heterocycles. The third-order valence-electron chi connectivity index (χ3n) is 3.41. The lowest BCUT2D eigenvalue weighted by Crippen LogP contribution is -2.21. The molecule has 0 saturated carbocycles. The van der Waals surface area contributed by atoms with Crippen molar-refractivity contribution < 1.29 is 9.53 Å². The van der Waals surface area contributed by atoms with E-state index in [9.17, 15) is 4.79 Å². The van der Waals surface area contributed by atoms with Crippen LogP contribution in [0.2, 0.25) is 0 Å². The first kappa shape index (κ1) is 15.8. The molecule has 116 valence electrons. The van der Waals surface area contributed by atoms with Crippen LogP contribution in [0.4, 0.5) is 5.95 Å². The van der Waals surface area contributed by atoms with Gasteiger partial charge in [0.05, 0.1) is 17.0 Å². The maximum atomic E-state index is 11.6. The number of hydrogen-bond acceptors (Lipinski definition) is 5. The van der Waals surface area contributed by atoms with Crippen molar-refractivity contribution in [2.24, 2.45) is 5.73 Å². The van der Waals surface area contributed by atoms with E-state index in [1.807, 2.05) is 24.3 Å². The highest BCUT2D eigenvalue weighted by Gasteiger charge is 2.21. The molecule has 22 heavy (non-hydrogen) atoms. The molecule has 1 heterocycles. The van der Waals surface area contributed by atoms with Gasteiger partial charge in [-0.2, -0.15) is 0 Å². The number of rotatable bonds is 5. The van der Waals surface area contributed by atoms with Crippen molar-refractivity contribution in [1.82, 2.24) is 9.97 Å². The number of nitrogens with zero attached hydrogens (tertiary/aromatic N) is 2. The molecule has 1 aromatic heterocycles. The maximum absolute atomic E-state index is 11.6. The Morgan fingerprint density at radius 3 is 2.45 bits per heavy atom. The quantitative estimate of drug-likeness (QED) is 0.880. The van der Waals surface area contributed by atoms with Crippen LogP contribution in [-0.2, 0) is 6.42 Å². The Morgan fingerprint density at radius 1 is 1.27 bits per heavy atom. The first-order valence-electron chi connectivity index (χ1n) is 7.11. The minimum atomic E-state index is -0.593. The van der Waals surface area contributed by atoms with E-state index >= 15 is 0 Å². The molecule has 0 radical (unpaired) electrons. The fourth-order valence-electron chi connectivity index (χ4n) is 2.28. The molecule has 1 unspecified atom stereocenters. The summed E-state index contributed by atoms with van der Waals surface area (Å²) in [4.78, 5) is 19.7. The van der Waals surface area contributed by atoms with Crippen molar-refractivity contribution >= 4 is 11.9 Å². The van der Waals surface area contributed by atoms with E-state index in [4.69, 9.17) is 16.2 Å². The zero-order valence-corrected chi connectivity index (χ0v) is 13.0. The van der Waals surface area contributed by atoms with Crippen LogP contribution in [0.25, 0.3) is 0 Å². The topological polar surface area (TPSA) is 104 Å². The number of benzene rings is 1. The molecule has 2 rings (SSSR count). The molecular formula is C16H20N4O2. The molecular weight excluding hydrogens is 280 g/mol. The summed E-state index contributed by atoms with van der Waals surface area (Å²) < 4.78 is 5.85. The van der Waals surface area contributed by atoms with E-state index in [0.29, 0.717) is 17.1 Å². The van der Waals surface area contributed by atoms with Gasteiger partial charge in [-0.3, -0.25) is 4.79 Å². The highest BCUT2D eigenvalue weighted by molar-refractivity contribution is 5.95. The molecule has 4 N–H and O–H groups in total. The van der Waals surface area contributed by atoms with Gasteiger partial charge in [0, 0.05) is 0 Å². The van der Waals surface area contributed by atoms with Crippen molar-refractivity contribution in [1.29, 1.82) is 0 Å². The fourth-order valence-corrected chi connectivity index (χ4v) is 2.28. The van der Waals surface area contributed by atoms with Gasteiger partial charge in [-0.15, -0.1) is 0 Å². The van der Waals surface area contributed by atoms with Crippen LogP contribution in [0.5, 0.6) is 5.75 Å². The van der Waals surface area contributed by atoms with Gasteiger partial charge >= 0.3 is 0 Å². The van der Waals surface area contributed by atoms with E-state index in [2.05, 4.69) is 16.9 Å². The first-order valence-corrected chi connectivity index (χ1v) is 7.11. The first-order chi connectivity index (χ1) is 10.4. The molecule has 6 heteroatoms. The van der Waals surface area contributed by atoms with Crippen molar-refractivity contribution in [3.05, 3.63) is 46.8 Å². The van der Waals surface area contributed by atoms with E-state index < -0.39 is 12.0 Å². The summed E-state index contributed by atoms with van der Waals surface area (Å²) in [6.45, 7) is 5.55. The highest BCUT2D eigenvalue weighted by Crippen LogP contribution is 2.25. The van der Waals surface area contributed by atoms with Gasteiger partial charge < -0.3 is 16.2 Å². The van der Waals surface area contributed by atoms with Crippen LogP contribution in [0.3, 0.4) is 0 Å². The number of primary amides is 1. The number of ether oxygens (including phenoxy) is 1. The molecule has 0 fully saturated rings. The molecule has 1 aromatic carbocycles. The fraction of sp³-hybridized carbons (Fsp3) is 0.312. The van der Waals surface area contributed by atoms with Crippen LogP contribution >= 0.6 is 0 Å². The smallest absolute Gasteiger partial charge is 0.252 e. The summed E-state index contributed by atoms with van der Waals surface area (Å²) in [6.07, 6.45) is 0.488. The second-order valence-electron chi connectivity index (χ2n) is 5.05. The average Bonchev–Trinajstić information content (AvgIpc) is 2.46. The van der Waals surface area contributed by atoms with Crippen LogP contribution in [0, 0.1) is 6.92 Å². The van der Waals surface area contributed by atoms with E-state index in [1.54, 1.807) is 13.8 Å². The Kier molecular flexibility index (Phi) is 4.60. The summed E-state index contributed by atoms with van der Waals surface area (Å²) in [5.74, 6) is 0.188. The number of aryl methyl sites for hydroxylation is 2. The molecule has 0 aliphatic carbocycles. The van der Waals surface area contributed by atoms with Crippen LogP contribution in [0.1, 0.15) is 47.3 Å². The third-order valence-corrected chi connectivity index (χ3v) is 3.41. The molecule has 0 spiro atoms. The number of hydrogen-bond donors (Lipinski definition) is 2. The standard InChI is InChI=1S/C16H20N4O2/c1-4-11-5-7-12(8-6-11)22-10(3)14-13(15(17)21)9(2)19-16(18)20-14/h5-8,10H,4H2,1-3H3,(H2,17,21)(H2,18,19,20). The lowest BCUT2D eigenvalue weighted by molar-refractivity contribution is 0.0993. The molecule has 6 nitrogen and oxygen atoms in total. The molecule has 0 aliphatic rings. The third kappa shape index (κ3) is 3.33. The van der Waals surface area contributed by atoms with Crippen molar-refractivity contribution in [2.45, 2.75) is 33.3 Å². The minimum absolute atomic E-state index is 0.0919. The Labute approximate surface area is 129 Å². The summed E-state index contributed by atoms with van der Waals surface area (Å²) >= 11 is 0. The average molecular weight is 300 g/mol. The van der Waals surface area contributed by atoms with Gasteiger partial charge in [-0.25, -0.2) is 9.97 Å². The number of carbonyl (C=O) groups is 1. The Hall–Kier alpha value is -2.63. The number of carbonyl (C=O) groups excluding carboxylic acids is 1. The monoisotopic (exact) mass is 300 g/mol. The van der Waals surface area contributed by atoms with Crippen molar-refractivity contribution in [3.63, 3.8) is 0 Å². The molecule has 1 amide bonds. The summed E-state index contributed by atoms with van der Waals surface area (Å²) in [7, 11) is 0. The van der Waals surface area contributed by atoms with Crippen molar-refractivity contribution in [2.75, 3.05) is 5.73 Å². The summed E-state index contributed by atoms with van der Waals surface area (Å²) in [5, 5.41) is 0. The molecule has 1 atom stereocenters. The van der Waals surface area contributed by atoms with Crippen molar-refractivity contribution in [3.8, 4) is 5.75 Å². The number of amides is 1. The van der Waals surface area contributed by atoms with Crippen LogP contribution in [0.15, 0.2) is 24.3 Å². The van der Waals surface area contributed by atoms with Gasteiger partial charge in [0.1, 0.15) is 11.9 Å². The van der Waals surface area contributed by atoms with Gasteiger partial charge in [0.2, 0.25) is 5.95 Å². The normalized spacial score (nSPS) is 12.0. The Morgan fingerprint density at radius 2 is 1.91 bits per heavy atom.